The normalized spacial score (nSPS) is 11.8. The number of ether oxygens (including phenoxy) is 1. The third-order valence-electron chi connectivity index (χ3n) is 3.86. The van der Waals surface area contributed by atoms with Crippen LogP contribution in [-0.2, 0) is 44.8 Å². The maximum Gasteiger partial charge on any atom is 0.482 e. The fourth-order valence-corrected chi connectivity index (χ4v) is 2.76. The highest BCUT2D eigenvalue weighted by Gasteiger charge is 2.25. The number of esters is 1. The third-order valence-corrected chi connectivity index (χ3v) is 4.43. The fourth-order valence-electron chi connectivity index (χ4n) is 2.36. The van der Waals surface area contributed by atoms with Gasteiger partial charge in [0.2, 0.25) is 0 Å². The lowest BCUT2D eigenvalue weighted by molar-refractivity contribution is -0.430. The number of aliphatic hydroxyl groups is 1. The van der Waals surface area contributed by atoms with E-state index in [0.29, 0.717) is 0 Å². The van der Waals surface area contributed by atoms with Crippen LogP contribution in [0.25, 0.3) is 0 Å². The van der Waals surface area contributed by atoms with Crippen LogP contribution < -0.4 is 0 Å². The Balaban J connectivity index is 1.93. The molecule has 2 aromatic rings. The summed E-state index contributed by atoms with van der Waals surface area (Å²) < 4.78 is 36.6. The SMILES string of the molecule is C=C(C)C(=O)OCC(O)Cc1ccccc1C(=O)OS(=O)(=O)OOOC(=O)c1ccccc1. The van der Waals surface area contributed by atoms with E-state index < -0.39 is 34.4 Å². The average Bonchev–Trinajstić information content (AvgIpc) is 2.77. The van der Waals surface area contributed by atoms with Gasteiger partial charge in [0, 0.05) is 17.0 Å². The molecule has 0 aliphatic rings. The maximum absolute atomic E-state index is 12.3. The van der Waals surface area contributed by atoms with E-state index >= 15 is 0 Å². The Morgan fingerprint density at radius 3 is 2.30 bits per heavy atom. The van der Waals surface area contributed by atoms with Crippen LogP contribution in [0.3, 0.4) is 0 Å². The van der Waals surface area contributed by atoms with Gasteiger partial charge in [-0.05, 0) is 35.0 Å². The van der Waals surface area contributed by atoms with Crippen molar-refractivity contribution in [2.24, 2.45) is 0 Å². The predicted octanol–water partition coefficient (Wildman–Crippen LogP) is 1.83. The van der Waals surface area contributed by atoms with Crippen molar-refractivity contribution in [3.8, 4) is 0 Å². The first-order valence-electron chi connectivity index (χ1n) is 9.28. The van der Waals surface area contributed by atoms with E-state index in [0.717, 1.165) is 0 Å². The summed E-state index contributed by atoms with van der Waals surface area (Å²) >= 11 is 0. The van der Waals surface area contributed by atoms with Gasteiger partial charge in [0.15, 0.2) is 0 Å². The van der Waals surface area contributed by atoms with Gasteiger partial charge in [0.1, 0.15) is 6.61 Å². The van der Waals surface area contributed by atoms with Gasteiger partial charge < -0.3 is 14.0 Å². The topological polar surface area (TPSA) is 152 Å². The summed E-state index contributed by atoms with van der Waals surface area (Å²) in [5.41, 5.74) is 0.189. The van der Waals surface area contributed by atoms with Crippen molar-refractivity contribution < 1.29 is 51.1 Å². The van der Waals surface area contributed by atoms with Crippen molar-refractivity contribution in [1.29, 1.82) is 0 Å². The van der Waals surface area contributed by atoms with Crippen LogP contribution in [0.2, 0.25) is 0 Å². The Labute approximate surface area is 189 Å². The zero-order chi connectivity index (χ0) is 24.4. The number of hydrogen-bond donors (Lipinski definition) is 1. The molecule has 0 spiro atoms. The molecule has 33 heavy (non-hydrogen) atoms. The molecule has 12 heteroatoms. The van der Waals surface area contributed by atoms with E-state index in [4.69, 9.17) is 4.74 Å². The molecular formula is C21H20O11S. The minimum Gasteiger partial charge on any atom is -0.460 e. The van der Waals surface area contributed by atoms with Crippen LogP contribution in [0.5, 0.6) is 0 Å². The minimum atomic E-state index is -5.07. The molecule has 0 radical (unpaired) electrons. The number of rotatable bonds is 11. The first-order valence-corrected chi connectivity index (χ1v) is 10.6. The second-order valence-corrected chi connectivity index (χ2v) is 7.67. The number of carbonyl (C=O) groups is 3. The highest BCUT2D eigenvalue weighted by Crippen LogP contribution is 2.15. The van der Waals surface area contributed by atoms with Gasteiger partial charge in [-0.1, -0.05) is 43.0 Å². The fraction of sp³-hybridized carbons (Fsp3) is 0.190. The van der Waals surface area contributed by atoms with Crippen molar-refractivity contribution in [3.63, 3.8) is 0 Å². The number of benzene rings is 2. The summed E-state index contributed by atoms with van der Waals surface area (Å²) in [6.45, 7) is 4.47. The number of hydrogen-bond acceptors (Lipinski definition) is 11. The van der Waals surface area contributed by atoms with Gasteiger partial charge in [0.25, 0.3) is 0 Å². The molecule has 0 aromatic heterocycles. The Hall–Kier alpha value is -3.58. The standard InChI is InChI=1S/C21H20O11S/c1-14(2)19(23)28-13-17(22)12-16-10-6-7-11-18(16)21(25)30-33(26,27)32-31-29-20(24)15-8-4-3-5-9-15/h3-11,17,22H,1,12-13H2,2H3. The third kappa shape index (κ3) is 8.46. The van der Waals surface area contributed by atoms with Crippen molar-refractivity contribution in [2.45, 2.75) is 19.4 Å². The molecule has 1 N–H and O–H groups in total. The molecule has 2 rings (SSSR count). The highest BCUT2D eigenvalue weighted by atomic mass is 32.3. The molecule has 11 nitrogen and oxygen atoms in total. The monoisotopic (exact) mass is 480 g/mol. The summed E-state index contributed by atoms with van der Waals surface area (Å²) in [7, 11) is -5.07. The second kappa shape index (κ2) is 11.9. The molecule has 0 saturated carbocycles. The molecule has 1 atom stereocenters. The molecule has 0 aliphatic heterocycles. The maximum atomic E-state index is 12.3. The summed E-state index contributed by atoms with van der Waals surface area (Å²) in [6.07, 6.45) is -1.36. The summed E-state index contributed by atoms with van der Waals surface area (Å²) in [5, 5.41) is 14.0. The first kappa shape index (κ1) is 25.7. The smallest absolute Gasteiger partial charge is 0.460 e. The van der Waals surface area contributed by atoms with E-state index in [1.54, 1.807) is 6.07 Å². The molecule has 0 saturated heterocycles. The van der Waals surface area contributed by atoms with Crippen LogP contribution in [-0.4, -0.2) is 44.1 Å². The molecule has 0 fully saturated rings. The Morgan fingerprint density at radius 1 is 1.00 bits per heavy atom. The quantitative estimate of drug-likeness (QED) is 0.217. The van der Waals surface area contributed by atoms with Gasteiger partial charge in [-0.2, -0.15) is 8.42 Å². The summed E-state index contributed by atoms with van der Waals surface area (Å²) in [6, 6.07) is 13.1. The number of carbonyl (C=O) groups excluding carboxylic acids is 3. The molecule has 0 heterocycles. The van der Waals surface area contributed by atoms with Crippen LogP contribution in [0.15, 0.2) is 66.7 Å². The minimum absolute atomic E-state index is 0.0527. The molecule has 1 unspecified atom stereocenters. The second-order valence-electron chi connectivity index (χ2n) is 6.55. The molecule has 0 aliphatic carbocycles. The van der Waals surface area contributed by atoms with Crippen molar-refractivity contribution in [3.05, 3.63) is 83.4 Å². The molecule has 0 amide bonds. The Morgan fingerprint density at radius 2 is 1.64 bits per heavy atom. The van der Waals surface area contributed by atoms with Crippen LogP contribution >= 0.6 is 0 Å². The van der Waals surface area contributed by atoms with E-state index in [9.17, 15) is 27.9 Å². The largest absolute Gasteiger partial charge is 0.482 e. The zero-order valence-corrected chi connectivity index (χ0v) is 18.1. The van der Waals surface area contributed by atoms with Gasteiger partial charge in [0.05, 0.1) is 17.2 Å². The lowest BCUT2D eigenvalue weighted by atomic mass is 10.0. The summed E-state index contributed by atoms with van der Waals surface area (Å²) in [5.74, 6) is -3.10. The predicted molar refractivity (Wildman–Crippen MR) is 110 cm³/mol. The first-order chi connectivity index (χ1) is 15.6. The van der Waals surface area contributed by atoms with Crippen LogP contribution in [0.1, 0.15) is 33.2 Å². The lowest BCUT2D eigenvalue weighted by Crippen LogP contribution is -2.23. The molecule has 2 aromatic carbocycles. The van der Waals surface area contributed by atoms with E-state index in [1.165, 1.54) is 55.5 Å². The van der Waals surface area contributed by atoms with E-state index in [2.05, 4.69) is 25.0 Å². The van der Waals surface area contributed by atoms with E-state index in [1.807, 2.05) is 0 Å². The highest BCUT2D eigenvalue weighted by molar-refractivity contribution is 7.82. The molecule has 176 valence electrons. The Kier molecular flexibility index (Phi) is 9.24. The lowest BCUT2D eigenvalue weighted by Gasteiger charge is -2.13. The van der Waals surface area contributed by atoms with Gasteiger partial charge >= 0.3 is 28.3 Å². The van der Waals surface area contributed by atoms with Crippen molar-refractivity contribution in [2.75, 3.05) is 6.61 Å². The van der Waals surface area contributed by atoms with E-state index in [-0.39, 0.29) is 35.3 Å². The Bertz CT molecular complexity index is 1110. The van der Waals surface area contributed by atoms with Crippen LogP contribution in [0.4, 0.5) is 0 Å². The van der Waals surface area contributed by atoms with Gasteiger partial charge in [-0.15, -0.1) is 0 Å². The van der Waals surface area contributed by atoms with Crippen molar-refractivity contribution >= 4 is 28.3 Å². The molecular weight excluding hydrogens is 460 g/mol. The van der Waals surface area contributed by atoms with Gasteiger partial charge in [-0.3, -0.25) is 4.89 Å². The van der Waals surface area contributed by atoms with Crippen LogP contribution in [0, 0.1) is 0 Å². The van der Waals surface area contributed by atoms with Gasteiger partial charge in [-0.25, -0.2) is 14.4 Å². The van der Waals surface area contributed by atoms with Crippen molar-refractivity contribution in [1.82, 2.24) is 0 Å². The number of aliphatic hydroxyl groups excluding tert-OH is 1. The average molecular weight is 480 g/mol. The zero-order valence-electron chi connectivity index (χ0n) is 17.3. The summed E-state index contributed by atoms with van der Waals surface area (Å²) in [4.78, 5) is 39.6. The molecule has 0 bridgehead atoms.